The zero-order valence-electron chi connectivity index (χ0n) is 12.4. The minimum atomic E-state index is 0.522. The van der Waals surface area contributed by atoms with Gasteiger partial charge in [-0.05, 0) is 37.5 Å². The number of hydrogen-bond donors (Lipinski definition) is 1. The highest BCUT2D eigenvalue weighted by Crippen LogP contribution is 2.33. The summed E-state index contributed by atoms with van der Waals surface area (Å²) in [5.74, 6) is 1.83. The maximum absolute atomic E-state index is 6.03. The van der Waals surface area contributed by atoms with E-state index in [9.17, 15) is 0 Å². The minimum absolute atomic E-state index is 0.522. The normalized spacial score (nSPS) is 13.2. The molecule has 0 radical (unpaired) electrons. The lowest BCUT2D eigenvalue weighted by Gasteiger charge is -2.21. The van der Waals surface area contributed by atoms with Gasteiger partial charge >= 0.3 is 0 Å². The van der Waals surface area contributed by atoms with Crippen molar-refractivity contribution in [2.24, 2.45) is 0 Å². The molecule has 0 saturated carbocycles. The monoisotopic (exact) mass is 283 g/mol. The first-order valence-corrected chi connectivity index (χ1v) is 7.57. The Bertz CT molecular complexity index is 610. The highest BCUT2D eigenvalue weighted by Gasteiger charge is 2.13. The second kappa shape index (κ2) is 6.53. The number of para-hydroxylation sites is 2. The first kappa shape index (κ1) is 13.8. The molecule has 1 N–H and O–H groups in total. The molecule has 1 aliphatic heterocycles. The average Bonchev–Trinajstić information content (AvgIpc) is 2.54. The smallest absolute Gasteiger partial charge is 0.143 e. The first-order valence-electron chi connectivity index (χ1n) is 7.57. The highest BCUT2D eigenvalue weighted by atomic mass is 16.5. The maximum atomic E-state index is 6.03. The molecular weight excluding hydrogens is 262 g/mol. The quantitative estimate of drug-likeness (QED) is 0.899. The van der Waals surface area contributed by atoms with Crippen LogP contribution in [0.1, 0.15) is 24.5 Å². The predicted molar refractivity (Wildman–Crippen MR) is 85.2 cm³/mol. The van der Waals surface area contributed by atoms with Crippen LogP contribution in [0.25, 0.3) is 0 Å². The zero-order chi connectivity index (χ0) is 14.5. The van der Waals surface area contributed by atoms with Gasteiger partial charge in [-0.25, -0.2) is 0 Å². The van der Waals surface area contributed by atoms with E-state index >= 15 is 0 Å². The van der Waals surface area contributed by atoms with Gasteiger partial charge < -0.3 is 14.8 Å². The summed E-state index contributed by atoms with van der Waals surface area (Å²) in [5.41, 5.74) is 3.57. The van der Waals surface area contributed by atoms with Crippen LogP contribution >= 0.6 is 0 Å². The summed E-state index contributed by atoms with van der Waals surface area (Å²) in [6.45, 7) is 4.20. The maximum Gasteiger partial charge on any atom is 0.143 e. The van der Waals surface area contributed by atoms with E-state index in [-0.39, 0.29) is 0 Å². The molecule has 21 heavy (non-hydrogen) atoms. The van der Waals surface area contributed by atoms with Crippen molar-refractivity contribution in [3.05, 3.63) is 53.6 Å². The van der Waals surface area contributed by atoms with Crippen LogP contribution in [-0.4, -0.2) is 13.2 Å². The lowest BCUT2D eigenvalue weighted by Crippen LogP contribution is -2.13. The van der Waals surface area contributed by atoms with Crippen LogP contribution in [0, 0.1) is 0 Å². The number of hydrogen-bond acceptors (Lipinski definition) is 3. The Hall–Kier alpha value is -2.16. The van der Waals surface area contributed by atoms with Gasteiger partial charge in [0.25, 0.3) is 0 Å². The van der Waals surface area contributed by atoms with Crippen molar-refractivity contribution in [2.45, 2.75) is 26.4 Å². The van der Waals surface area contributed by atoms with E-state index in [1.165, 1.54) is 12.0 Å². The van der Waals surface area contributed by atoms with Gasteiger partial charge in [-0.15, -0.1) is 0 Å². The summed E-state index contributed by atoms with van der Waals surface area (Å²) in [4.78, 5) is 0. The van der Waals surface area contributed by atoms with E-state index in [0.29, 0.717) is 13.2 Å². The number of nitrogens with one attached hydrogen (secondary N) is 1. The Balaban J connectivity index is 1.76. The van der Waals surface area contributed by atoms with E-state index < -0.39 is 0 Å². The molecule has 110 valence electrons. The van der Waals surface area contributed by atoms with Crippen molar-refractivity contribution in [2.75, 3.05) is 18.5 Å². The molecule has 0 bridgehead atoms. The van der Waals surface area contributed by atoms with Crippen LogP contribution in [0.4, 0.5) is 5.69 Å². The van der Waals surface area contributed by atoms with Crippen molar-refractivity contribution in [3.8, 4) is 11.5 Å². The topological polar surface area (TPSA) is 30.5 Å². The summed E-state index contributed by atoms with van der Waals surface area (Å²) in [7, 11) is 0. The summed E-state index contributed by atoms with van der Waals surface area (Å²) in [6.07, 6.45) is 2.30. The average molecular weight is 283 g/mol. The molecule has 1 aliphatic rings. The molecule has 0 aromatic heterocycles. The largest absolute Gasteiger partial charge is 0.493 e. The summed E-state index contributed by atoms with van der Waals surface area (Å²) < 4.78 is 11.7. The van der Waals surface area contributed by atoms with E-state index in [2.05, 4.69) is 17.4 Å². The second-order valence-electron chi connectivity index (χ2n) is 5.15. The van der Waals surface area contributed by atoms with Crippen LogP contribution in [0.15, 0.2) is 42.5 Å². The molecule has 0 atom stereocenters. The van der Waals surface area contributed by atoms with Gasteiger partial charge in [-0.3, -0.25) is 0 Å². The standard InChI is InChI=1S/C18H21NO2/c1-2-20-16-10-4-3-7-15(16)13-21-17-11-5-8-14-9-6-12-19-18(14)17/h3-5,7-8,10-11,19H,2,6,9,12-13H2,1H3. The minimum Gasteiger partial charge on any atom is -0.493 e. The molecule has 0 saturated heterocycles. The first-order chi connectivity index (χ1) is 10.4. The lowest BCUT2D eigenvalue weighted by molar-refractivity contribution is 0.287. The van der Waals surface area contributed by atoms with Gasteiger partial charge in [0.2, 0.25) is 0 Å². The zero-order valence-corrected chi connectivity index (χ0v) is 12.4. The van der Waals surface area contributed by atoms with E-state index in [1.54, 1.807) is 0 Å². The molecule has 3 nitrogen and oxygen atoms in total. The molecule has 0 fully saturated rings. The van der Waals surface area contributed by atoms with Gasteiger partial charge in [0.15, 0.2) is 0 Å². The fourth-order valence-corrected chi connectivity index (χ4v) is 2.67. The molecule has 1 heterocycles. The summed E-state index contributed by atoms with van der Waals surface area (Å²) >= 11 is 0. The number of anilines is 1. The number of ether oxygens (including phenoxy) is 2. The van der Waals surface area contributed by atoms with Gasteiger partial charge in [0, 0.05) is 12.1 Å². The molecule has 0 aliphatic carbocycles. The van der Waals surface area contributed by atoms with Crippen LogP contribution in [0.2, 0.25) is 0 Å². The third-order valence-electron chi connectivity index (χ3n) is 3.69. The van der Waals surface area contributed by atoms with E-state index in [4.69, 9.17) is 9.47 Å². The Morgan fingerprint density at radius 2 is 1.86 bits per heavy atom. The van der Waals surface area contributed by atoms with Gasteiger partial charge in [0.05, 0.1) is 12.3 Å². The molecule has 0 unspecified atom stereocenters. The molecular formula is C18H21NO2. The molecule has 2 aromatic carbocycles. The van der Waals surface area contributed by atoms with Crippen molar-refractivity contribution in [3.63, 3.8) is 0 Å². The van der Waals surface area contributed by atoms with Crippen molar-refractivity contribution < 1.29 is 9.47 Å². The van der Waals surface area contributed by atoms with Crippen LogP contribution in [-0.2, 0) is 13.0 Å². The number of rotatable bonds is 5. The molecule has 0 spiro atoms. The molecule has 3 rings (SSSR count). The molecule has 2 aromatic rings. The van der Waals surface area contributed by atoms with Crippen LogP contribution in [0.3, 0.4) is 0 Å². The van der Waals surface area contributed by atoms with Crippen molar-refractivity contribution in [1.29, 1.82) is 0 Å². The van der Waals surface area contributed by atoms with Gasteiger partial charge in [-0.1, -0.05) is 30.3 Å². The van der Waals surface area contributed by atoms with Crippen LogP contribution < -0.4 is 14.8 Å². The van der Waals surface area contributed by atoms with Gasteiger partial charge in [-0.2, -0.15) is 0 Å². The van der Waals surface area contributed by atoms with E-state index in [0.717, 1.165) is 35.7 Å². The fraction of sp³-hybridized carbons (Fsp3) is 0.333. The third-order valence-corrected chi connectivity index (χ3v) is 3.69. The Morgan fingerprint density at radius 3 is 2.76 bits per heavy atom. The van der Waals surface area contributed by atoms with E-state index in [1.807, 2.05) is 37.3 Å². The fourth-order valence-electron chi connectivity index (χ4n) is 2.67. The van der Waals surface area contributed by atoms with Crippen molar-refractivity contribution >= 4 is 5.69 Å². The Labute approximate surface area is 125 Å². The van der Waals surface area contributed by atoms with Gasteiger partial charge in [0.1, 0.15) is 18.1 Å². The number of aryl methyl sites for hydroxylation is 1. The molecule has 0 amide bonds. The number of fused-ring (bicyclic) bond motifs is 1. The molecule has 3 heteroatoms. The predicted octanol–water partition coefficient (Wildman–Crippen LogP) is 4.02. The van der Waals surface area contributed by atoms with Crippen LogP contribution in [0.5, 0.6) is 11.5 Å². The lowest BCUT2D eigenvalue weighted by atomic mass is 10.0. The SMILES string of the molecule is CCOc1ccccc1COc1cccc2c1NCCC2. The highest BCUT2D eigenvalue weighted by molar-refractivity contribution is 5.63. The van der Waals surface area contributed by atoms with Crippen molar-refractivity contribution in [1.82, 2.24) is 0 Å². The Morgan fingerprint density at radius 1 is 1.00 bits per heavy atom. The summed E-state index contributed by atoms with van der Waals surface area (Å²) in [5, 5.41) is 3.45. The Kier molecular flexibility index (Phi) is 4.29. The summed E-state index contributed by atoms with van der Waals surface area (Å²) in [6, 6.07) is 14.3. The number of benzene rings is 2. The second-order valence-corrected chi connectivity index (χ2v) is 5.15. The third kappa shape index (κ3) is 3.13.